The van der Waals surface area contributed by atoms with Crippen molar-refractivity contribution in [3.05, 3.63) is 81.6 Å². The summed E-state index contributed by atoms with van der Waals surface area (Å²) in [5.74, 6) is -0.417. The number of nitrogens with zero attached hydrogens (tertiary/aromatic N) is 3. The Labute approximate surface area is 203 Å². The number of nitrogens with one attached hydrogen (secondary N) is 1. The molecular weight excluding hydrogens is 456 g/mol. The van der Waals surface area contributed by atoms with Crippen molar-refractivity contribution in [1.82, 2.24) is 14.7 Å². The molecule has 2 aromatic carbocycles. The monoisotopic (exact) mass is 482 g/mol. The van der Waals surface area contributed by atoms with E-state index in [0.717, 1.165) is 22.5 Å². The molecule has 3 aromatic rings. The molecule has 0 bridgehead atoms. The van der Waals surface area contributed by atoms with E-state index < -0.39 is 5.97 Å². The second kappa shape index (κ2) is 10.7. The quantitative estimate of drug-likeness (QED) is 0.499. The third-order valence-electron chi connectivity index (χ3n) is 5.66. The molecule has 0 saturated carbocycles. The summed E-state index contributed by atoms with van der Waals surface area (Å²) in [6.45, 7) is 3.85. The number of hydrogen-bond donors (Lipinski definition) is 1. The van der Waals surface area contributed by atoms with Gasteiger partial charge in [-0.15, -0.1) is 0 Å². The molecule has 8 nitrogen and oxygen atoms in total. The minimum atomic E-state index is -0.417. The zero-order valence-corrected chi connectivity index (χ0v) is 20.0. The number of amides is 2. The minimum Gasteiger partial charge on any atom is -0.462 e. The summed E-state index contributed by atoms with van der Waals surface area (Å²) in [4.78, 5) is 26.7. The first kappa shape index (κ1) is 23.8. The Balaban J connectivity index is 1.39. The number of esters is 1. The van der Waals surface area contributed by atoms with E-state index in [1.807, 2.05) is 36.0 Å². The highest BCUT2D eigenvalue weighted by Gasteiger charge is 2.27. The van der Waals surface area contributed by atoms with Crippen LogP contribution >= 0.6 is 11.6 Å². The average molecular weight is 483 g/mol. The molecule has 1 aromatic heterocycles. The summed E-state index contributed by atoms with van der Waals surface area (Å²) in [5.41, 5.74) is 4.92. The normalized spacial score (nSPS) is 12.9. The number of aryl methyl sites for hydroxylation is 1. The number of anilines is 1. The molecule has 9 heteroatoms. The van der Waals surface area contributed by atoms with Crippen LogP contribution in [0.2, 0.25) is 5.02 Å². The number of hydrogen-bond acceptors (Lipinski definition) is 5. The lowest BCUT2D eigenvalue weighted by molar-refractivity contribution is 0.0526. The van der Waals surface area contributed by atoms with Gasteiger partial charge in [0.2, 0.25) is 0 Å². The summed E-state index contributed by atoms with van der Waals surface area (Å²) in [6.07, 6.45) is 0.701. The maximum Gasteiger partial charge on any atom is 0.338 e. The van der Waals surface area contributed by atoms with Crippen LogP contribution in [-0.2, 0) is 42.7 Å². The zero-order valence-electron chi connectivity index (χ0n) is 19.2. The predicted molar refractivity (Wildman–Crippen MR) is 129 cm³/mol. The fraction of sp³-hybridized carbons (Fsp3) is 0.320. The molecule has 4 rings (SSSR count). The number of benzene rings is 2. The molecule has 0 saturated heterocycles. The molecule has 1 N–H and O–H groups in total. The van der Waals surface area contributed by atoms with Gasteiger partial charge < -0.3 is 19.7 Å². The molecule has 0 aliphatic carbocycles. The molecular formula is C25H27ClN4O4. The molecule has 2 heterocycles. The van der Waals surface area contributed by atoms with Crippen LogP contribution in [0.4, 0.5) is 10.5 Å². The van der Waals surface area contributed by atoms with Crippen LogP contribution in [0.3, 0.4) is 0 Å². The first-order valence-electron chi connectivity index (χ1n) is 11.1. The van der Waals surface area contributed by atoms with Crippen molar-refractivity contribution in [3.63, 3.8) is 0 Å². The summed E-state index contributed by atoms with van der Waals surface area (Å²) >= 11 is 5.94. The number of carbonyl (C=O) groups excluding carboxylic acids is 2. The fourth-order valence-electron chi connectivity index (χ4n) is 3.95. The first-order chi connectivity index (χ1) is 16.4. The molecule has 0 atom stereocenters. The van der Waals surface area contributed by atoms with E-state index in [2.05, 4.69) is 10.4 Å². The Morgan fingerprint density at radius 2 is 1.94 bits per heavy atom. The van der Waals surface area contributed by atoms with Gasteiger partial charge in [0.05, 0.1) is 37.6 Å². The van der Waals surface area contributed by atoms with Gasteiger partial charge in [-0.2, -0.15) is 5.10 Å². The Hall–Kier alpha value is -3.36. The van der Waals surface area contributed by atoms with E-state index >= 15 is 0 Å². The van der Waals surface area contributed by atoms with Crippen molar-refractivity contribution in [2.24, 2.45) is 7.05 Å². The van der Waals surface area contributed by atoms with Crippen LogP contribution in [0, 0.1) is 0 Å². The molecule has 178 valence electrons. The molecule has 1 aliphatic heterocycles. The van der Waals surface area contributed by atoms with E-state index in [1.54, 1.807) is 36.1 Å². The summed E-state index contributed by atoms with van der Waals surface area (Å²) in [7, 11) is 1.91. The zero-order chi connectivity index (χ0) is 24.1. The number of halogens is 1. The number of fused-ring (bicyclic) bond motifs is 1. The summed E-state index contributed by atoms with van der Waals surface area (Å²) in [6, 6.07) is 14.0. The molecule has 0 fully saturated rings. The first-order valence-corrected chi connectivity index (χ1v) is 11.5. The maximum atomic E-state index is 13.0. The fourth-order valence-corrected chi connectivity index (χ4v) is 4.07. The lowest BCUT2D eigenvalue weighted by Gasteiger charge is -2.28. The van der Waals surface area contributed by atoms with Crippen molar-refractivity contribution in [3.8, 4) is 0 Å². The third kappa shape index (κ3) is 5.58. The lowest BCUT2D eigenvalue weighted by atomic mass is 10.1. The molecule has 34 heavy (non-hydrogen) atoms. The number of aromatic nitrogens is 2. The molecule has 0 spiro atoms. The lowest BCUT2D eigenvalue weighted by Crippen LogP contribution is -2.39. The Morgan fingerprint density at radius 3 is 2.71 bits per heavy atom. The van der Waals surface area contributed by atoms with Crippen LogP contribution in [0.25, 0.3) is 0 Å². The van der Waals surface area contributed by atoms with Crippen LogP contribution < -0.4 is 5.32 Å². The van der Waals surface area contributed by atoms with Gasteiger partial charge in [0.1, 0.15) is 0 Å². The van der Waals surface area contributed by atoms with Gasteiger partial charge in [-0.05, 0) is 42.8 Å². The summed E-state index contributed by atoms with van der Waals surface area (Å²) < 4.78 is 12.8. The van der Waals surface area contributed by atoms with Crippen molar-refractivity contribution in [1.29, 1.82) is 0 Å². The summed E-state index contributed by atoms with van der Waals surface area (Å²) in [5, 5.41) is 8.20. The maximum absolute atomic E-state index is 13.0. The standard InChI is InChI=1S/C25H27ClN4O4/c1-3-34-24(31)18-5-4-6-20(13-18)27-25(32)30-12-11-23-21(14-30)22(28-29(23)2)16-33-15-17-7-9-19(26)10-8-17/h4-10,13H,3,11-12,14-16H2,1-2H3,(H,27,32). The Bertz CT molecular complexity index is 1180. The van der Waals surface area contributed by atoms with Gasteiger partial charge in [0, 0.05) is 42.0 Å². The van der Waals surface area contributed by atoms with Gasteiger partial charge >= 0.3 is 12.0 Å². The second-order valence-corrected chi connectivity index (χ2v) is 8.45. The number of ether oxygens (including phenoxy) is 2. The Morgan fingerprint density at radius 1 is 1.15 bits per heavy atom. The predicted octanol–water partition coefficient (Wildman–Crippen LogP) is 4.56. The number of urea groups is 1. The third-order valence-corrected chi connectivity index (χ3v) is 5.91. The van der Waals surface area contributed by atoms with Gasteiger partial charge in [0.25, 0.3) is 0 Å². The van der Waals surface area contributed by atoms with Gasteiger partial charge in [-0.1, -0.05) is 29.8 Å². The van der Waals surface area contributed by atoms with Crippen LogP contribution in [0.5, 0.6) is 0 Å². The van der Waals surface area contributed by atoms with Gasteiger partial charge in [-0.3, -0.25) is 4.68 Å². The highest BCUT2D eigenvalue weighted by atomic mass is 35.5. The smallest absolute Gasteiger partial charge is 0.338 e. The van der Waals surface area contributed by atoms with Gasteiger partial charge in [0.15, 0.2) is 0 Å². The van der Waals surface area contributed by atoms with E-state index in [-0.39, 0.29) is 6.03 Å². The van der Waals surface area contributed by atoms with E-state index in [1.165, 1.54) is 0 Å². The van der Waals surface area contributed by atoms with E-state index in [4.69, 9.17) is 21.1 Å². The molecule has 0 unspecified atom stereocenters. The molecule has 2 amide bonds. The largest absolute Gasteiger partial charge is 0.462 e. The number of carbonyl (C=O) groups is 2. The van der Waals surface area contributed by atoms with Gasteiger partial charge in [-0.25, -0.2) is 9.59 Å². The van der Waals surface area contributed by atoms with Crippen LogP contribution in [0.1, 0.15) is 39.8 Å². The highest BCUT2D eigenvalue weighted by molar-refractivity contribution is 6.30. The Kier molecular flexibility index (Phi) is 7.49. The molecule has 0 radical (unpaired) electrons. The van der Waals surface area contributed by atoms with Crippen molar-refractivity contribution >= 4 is 29.3 Å². The van der Waals surface area contributed by atoms with E-state index in [9.17, 15) is 9.59 Å². The molecule has 1 aliphatic rings. The average Bonchev–Trinajstić information content (AvgIpc) is 3.15. The van der Waals surface area contributed by atoms with Crippen molar-refractivity contribution in [2.75, 3.05) is 18.5 Å². The minimum absolute atomic E-state index is 0.233. The SMILES string of the molecule is CCOC(=O)c1cccc(NC(=O)N2CCc3c(c(COCc4ccc(Cl)cc4)nn3C)C2)c1. The van der Waals surface area contributed by atoms with Crippen LogP contribution in [-0.4, -0.2) is 39.8 Å². The topological polar surface area (TPSA) is 85.7 Å². The second-order valence-electron chi connectivity index (χ2n) is 8.02. The van der Waals surface area contributed by atoms with Crippen LogP contribution in [0.15, 0.2) is 48.5 Å². The number of rotatable bonds is 7. The van der Waals surface area contributed by atoms with E-state index in [0.29, 0.717) is 55.6 Å². The highest BCUT2D eigenvalue weighted by Crippen LogP contribution is 2.24. The van der Waals surface area contributed by atoms with Crippen molar-refractivity contribution in [2.45, 2.75) is 33.1 Å². The van der Waals surface area contributed by atoms with Crippen molar-refractivity contribution < 1.29 is 19.1 Å².